The molecule has 0 N–H and O–H groups in total. The Morgan fingerprint density at radius 1 is 0.812 bits per heavy atom. The summed E-state index contributed by atoms with van der Waals surface area (Å²) in [7, 11) is 2.41. The van der Waals surface area contributed by atoms with Gasteiger partial charge in [-0.25, -0.2) is 0 Å². The van der Waals surface area contributed by atoms with E-state index in [0.717, 1.165) is 5.75 Å². The molecular formula is C14H15OP. The second-order valence-corrected chi connectivity index (χ2v) is 5.12. The molecule has 1 atom stereocenters. The fraction of sp³-hybridized carbons (Fsp3) is 0.143. The topological polar surface area (TPSA) is 9.23 Å². The fourth-order valence-corrected chi connectivity index (χ4v) is 2.48. The first-order chi connectivity index (χ1) is 7.78. The minimum absolute atomic E-state index is 0.715. The van der Waals surface area contributed by atoms with Crippen molar-refractivity contribution in [2.24, 2.45) is 0 Å². The van der Waals surface area contributed by atoms with Crippen molar-refractivity contribution in [2.75, 3.05) is 7.11 Å². The van der Waals surface area contributed by atoms with E-state index in [9.17, 15) is 0 Å². The zero-order chi connectivity index (χ0) is 11.4. The van der Waals surface area contributed by atoms with Gasteiger partial charge in [-0.15, -0.1) is 0 Å². The third-order valence-electron chi connectivity index (χ3n) is 2.43. The lowest BCUT2D eigenvalue weighted by Crippen LogP contribution is -2.02. The highest BCUT2D eigenvalue weighted by molar-refractivity contribution is 7.55. The summed E-state index contributed by atoms with van der Waals surface area (Å²) in [6.07, 6.45) is 0. The summed E-state index contributed by atoms with van der Waals surface area (Å²) >= 11 is 0. The van der Waals surface area contributed by atoms with Crippen molar-refractivity contribution >= 4 is 19.2 Å². The van der Waals surface area contributed by atoms with Crippen molar-refractivity contribution < 1.29 is 4.74 Å². The Labute approximate surface area is 98.2 Å². The molecule has 0 aliphatic heterocycles. The van der Waals surface area contributed by atoms with E-state index in [1.54, 1.807) is 7.11 Å². The van der Waals surface area contributed by atoms with Crippen LogP contribution in [0.4, 0.5) is 0 Å². The summed E-state index contributed by atoms with van der Waals surface area (Å²) < 4.78 is 5.14. The number of benzene rings is 2. The van der Waals surface area contributed by atoms with E-state index in [1.165, 1.54) is 16.2 Å². The van der Waals surface area contributed by atoms with E-state index in [-0.39, 0.29) is 0 Å². The smallest absolute Gasteiger partial charge is 0.118 e. The summed E-state index contributed by atoms with van der Waals surface area (Å²) in [4.78, 5) is 0. The molecule has 2 rings (SSSR count). The van der Waals surface area contributed by atoms with Gasteiger partial charge in [-0.2, -0.15) is 0 Å². The highest BCUT2D eigenvalue weighted by Gasteiger charge is 1.96. The Balaban J connectivity index is 2.11. The van der Waals surface area contributed by atoms with Gasteiger partial charge in [0.1, 0.15) is 5.75 Å². The normalized spacial score (nSPS) is 10.9. The predicted octanol–water partition coefficient (Wildman–Crippen LogP) is 2.63. The van der Waals surface area contributed by atoms with Crippen molar-refractivity contribution in [1.82, 2.24) is 0 Å². The quantitative estimate of drug-likeness (QED) is 0.736. The first kappa shape index (κ1) is 11.2. The standard InChI is InChI=1S/C14H15OP/c1-11-3-7-13(8-4-11)16-14-9-5-12(15-2)6-10-14/h3-10,16H,1-2H3. The van der Waals surface area contributed by atoms with Gasteiger partial charge in [-0.1, -0.05) is 50.5 Å². The molecule has 0 aromatic heterocycles. The largest absolute Gasteiger partial charge is 0.497 e. The van der Waals surface area contributed by atoms with E-state index in [4.69, 9.17) is 4.74 Å². The first-order valence-corrected chi connectivity index (χ1v) is 6.26. The van der Waals surface area contributed by atoms with E-state index >= 15 is 0 Å². The highest BCUT2D eigenvalue weighted by Crippen LogP contribution is 2.14. The minimum Gasteiger partial charge on any atom is -0.497 e. The molecule has 2 heteroatoms. The monoisotopic (exact) mass is 230 g/mol. The Hall–Kier alpha value is -1.33. The average Bonchev–Trinajstić information content (AvgIpc) is 2.33. The van der Waals surface area contributed by atoms with Crippen LogP contribution in [0.3, 0.4) is 0 Å². The Bertz CT molecular complexity index is 445. The van der Waals surface area contributed by atoms with Crippen molar-refractivity contribution in [3.8, 4) is 5.75 Å². The maximum atomic E-state index is 5.14. The molecular weight excluding hydrogens is 215 g/mol. The Morgan fingerprint density at radius 3 is 1.81 bits per heavy atom. The van der Waals surface area contributed by atoms with Gasteiger partial charge < -0.3 is 4.74 Å². The SMILES string of the molecule is COc1ccc(Pc2ccc(C)cc2)cc1. The van der Waals surface area contributed by atoms with E-state index < -0.39 is 0 Å². The zero-order valence-electron chi connectivity index (χ0n) is 9.53. The van der Waals surface area contributed by atoms with Gasteiger partial charge >= 0.3 is 0 Å². The second-order valence-electron chi connectivity index (χ2n) is 3.72. The number of rotatable bonds is 3. The number of methoxy groups -OCH3 is 1. The van der Waals surface area contributed by atoms with Crippen molar-refractivity contribution in [1.29, 1.82) is 0 Å². The minimum atomic E-state index is 0.715. The molecule has 0 heterocycles. The summed E-state index contributed by atoms with van der Waals surface area (Å²) in [5, 5.41) is 2.71. The van der Waals surface area contributed by atoms with Crippen LogP contribution >= 0.6 is 8.58 Å². The second kappa shape index (κ2) is 5.14. The molecule has 0 fully saturated rings. The molecule has 1 unspecified atom stereocenters. The van der Waals surface area contributed by atoms with Gasteiger partial charge in [0.15, 0.2) is 0 Å². The summed E-state index contributed by atoms with van der Waals surface area (Å²) in [6.45, 7) is 2.11. The number of ether oxygens (including phenoxy) is 1. The molecule has 0 spiro atoms. The molecule has 82 valence electrons. The maximum Gasteiger partial charge on any atom is 0.118 e. The number of hydrogen-bond acceptors (Lipinski definition) is 1. The molecule has 0 saturated carbocycles. The van der Waals surface area contributed by atoms with Crippen LogP contribution in [-0.2, 0) is 0 Å². The molecule has 0 bridgehead atoms. The van der Waals surface area contributed by atoms with E-state index in [0.29, 0.717) is 8.58 Å². The Morgan fingerprint density at radius 2 is 1.31 bits per heavy atom. The Kier molecular flexibility index (Phi) is 3.58. The van der Waals surface area contributed by atoms with Crippen molar-refractivity contribution in [2.45, 2.75) is 6.92 Å². The summed E-state index contributed by atoms with van der Waals surface area (Å²) in [5.41, 5.74) is 1.31. The van der Waals surface area contributed by atoms with Crippen LogP contribution in [0.25, 0.3) is 0 Å². The molecule has 16 heavy (non-hydrogen) atoms. The van der Waals surface area contributed by atoms with E-state index in [1.807, 2.05) is 12.1 Å². The van der Waals surface area contributed by atoms with Crippen molar-refractivity contribution in [3.63, 3.8) is 0 Å². The van der Waals surface area contributed by atoms with Gasteiger partial charge in [-0.05, 0) is 29.7 Å². The number of hydrogen-bond donors (Lipinski definition) is 0. The van der Waals surface area contributed by atoms with Crippen LogP contribution in [0.2, 0.25) is 0 Å². The van der Waals surface area contributed by atoms with Gasteiger partial charge in [0.05, 0.1) is 7.11 Å². The molecule has 0 saturated heterocycles. The van der Waals surface area contributed by atoms with Crippen LogP contribution < -0.4 is 15.3 Å². The lowest BCUT2D eigenvalue weighted by Gasteiger charge is -2.04. The molecule has 2 aromatic carbocycles. The van der Waals surface area contributed by atoms with Gasteiger partial charge in [0.25, 0.3) is 0 Å². The summed E-state index contributed by atoms with van der Waals surface area (Å²) in [6, 6.07) is 17.0. The highest BCUT2D eigenvalue weighted by atomic mass is 31.1. The molecule has 0 radical (unpaired) electrons. The lowest BCUT2D eigenvalue weighted by molar-refractivity contribution is 0.415. The average molecular weight is 230 g/mol. The zero-order valence-corrected chi connectivity index (χ0v) is 10.5. The van der Waals surface area contributed by atoms with Crippen LogP contribution in [0.5, 0.6) is 5.75 Å². The molecule has 0 aliphatic rings. The molecule has 0 amide bonds. The van der Waals surface area contributed by atoms with Gasteiger partial charge in [0, 0.05) is 0 Å². The fourth-order valence-electron chi connectivity index (χ4n) is 1.48. The van der Waals surface area contributed by atoms with Crippen molar-refractivity contribution in [3.05, 3.63) is 54.1 Å². The third-order valence-corrected chi connectivity index (χ3v) is 3.67. The van der Waals surface area contributed by atoms with E-state index in [2.05, 4.69) is 43.3 Å². The molecule has 1 nitrogen and oxygen atoms in total. The maximum absolute atomic E-state index is 5.14. The van der Waals surface area contributed by atoms with Crippen LogP contribution in [-0.4, -0.2) is 7.11 Å². The first-order valence-electron chi connectivity index (χ1n) is 5.26. The molecule has 2 aromatic rings. The summed E-state index contributed by atoms with van der Waals surface area (Å²) in [5.74, 6) is 0.914. The van der Waals surface area contributed by atoms with Crippen LogP contribution in [0.1, 0.15) is 5.56 Å². The predicted molar refractivity (Wildman–Crippen MR) is 71.8 cm³/mol. The lowest BCUT2D eigenvalue weighted by atomic mass is 10.2. The van der Waals surface area contributed by atoms with Gasteiger partial charge in [0.2, 0.25) is 0 Å². The molecule has 0 aliphatic carbocycles. The van der Waals surface area contributed by atoms with Crippen LogP contribution in [0.15, 0.2) is 48.5 Å². The van der Waals surface area contributed by atoms with Gasteiger partial charge in [-0.3, -0.25) is 0 Å². The van der Waals surface area contributed by atoms with Crippen LogP contribution in [0, 0.1) is 6.92 Å². The number of aryl methyl sites for hydroxylation is 1. The third kappa shape index (κ3) is 2.84.